The molecule has 9 aromatic carbocycles. The van der Waals surface area contributed by atoms with Gasteiger partial charge in [-0.2, -0.15) is 0 Å². The van der Waals surface area contributed by atoms with Gasteiger partial charge in [-0.1, -0.05) is 142 Å². The van der Waals surface area contributed by atoms with Gasteiger partial charge in [-0.25, -0.2) is 0 Å². The fourth-order valence-corrected chi connectivity index (χ4v) is 9.39. The maximum atomic E-state index is 2.56. The average Bonchev–Trinajstić information content (AvgIpc) is 3.75. The van der Waals surface area contributed by atoms with Crippen LogP contribution in [0, 0.1) is 0 Å². The van der Waals surface area contributed by atoms with Crippen molar-refractivity contribution in [3.8, 4) is 0 Å². The van der Waals surface area contributed by atoms with Gasteiger partial charge in [0, 0.05) is 44.5 Å². The van der Waals surface area contributed by atoms with Crippen molar-refractivity contribution in [1.29, 1.82) is 0 Å². The van der Waals surface area contributed by atoms with Gasteiger partial charge in [0.15, 0.2) is 0 Å². The molecule has 0 aliphatic rings. The standard InChI is InChI=1S/C56H44N2/c1-56(2,3)44-35-51-49-31-39-24-25-41(48(38-18-10-5-11-19-38)28-37-16-8-4-9-17-37)29-42(39)33-53(49)58-54-34-43-30-47(27-26-40(43)32-50(54)52(36-44)55(51)58)57(45-20-12-6-13-21-45)46-22-14-7-15-23-46/h4-27,29-36,48H,28H2,1-3H3. The Morgan fingerprint density at radius 2 is 0.948 bits per heavy atom. The van der Waals surface area contributed by atoms with Crippen molar-refractivity contribution in [2.45, 2.75) is 38.5 Å². The summed E-state index contributed by atoms with van der Waals surface area (Å²) < 4.78 is 2.56. The number of aromatic nitrogens is 1. The number of hydrogen-bond donors (Lipinski definition) is 0. The molecule has 0 aliphatic heterocycles. The second-order valence-electron chi connectivity index (χ2n) is 17.0. The molecule has 58 heavy (non-hydrogen) atoms. The summed E-state index contributed by atoms with van der Waals surface area (Å²) in [7, 11) is 0. The summed E-state index contributed by atoms with van der Waals surface area (Å²) in [5.41, 5.74) is 12.6. The zero-order valence-electron chi connectivity index (χ0n) is 33.2. The number of fused-ring (bicyclic) bond motifs is 8. The van der Waals surface area contributed by atoms with Crippen molar-refractivity contribution in [3.63, 3.8) is 0 Å². The van der Waals surface area contributed by atoms with Crippen LogP contribution >= 0.6 is 0 Å². The van der Waals surface area contributed by atoms with E-state index >= 15 is 0 Å². The lowest BCUT2D eigenvalue weighted by Gasteiger charge is -2.25. The maximum Gasteiger partial charge on any atom is 0.0620 e. The Kier molecular flexibility index (Phi) is 7.91. The Morgan fingerprint density at radius 3 is 1.52 bits per heavy atom. The van der Waals surface area contributed by atoms with Crippen LogP contribution in [0.25, 0.3) is 59.6 Å². The molecule has 278 valence electrons. The van der Waals surface area contributed by atoms with Crippen LogP contribution in [0.2, 0.25) is 0 Å². The van der Waals surface area contributed by atoms with Crippen molar-refractivity contribution in [3.05, 3.63) is 216 Å². The van der Waals surface area contributed by atoms with Crippen LogP contribution in [-0.2, 0) is 11.8 Å². The summed E-state index contributed by atoms with van der Waals surface area (Å²) in [6.45, 7) is 7.00. The smallest absolute Gasteiger partial charge is 0.0620 e. The van der Waals surface area contributed by atoms with Crippen LogP contribution < -0.4 is 4.90 Å². The molecule has 0 spiro atoms. The minimum atomic E-state index is 0.00288. The Morgan fingerprint density at radius 1 is 0.431 bits per heavy atom. The third-order valence-electron chi connectivity index (χ3n) is 12.4. The molecule has 2 heteroatoms. The highest BCUT2D eigenvalue weighted by molar-refractivity contribution is 6.26. The van der Waals surface area contributed by atoms with E-state index in [1.807, 2.05) is 0 Å². The van der Waals surface area contributed by atoms with Crippen LogP contribution in [0.4, 0.5) is 17.1 Å². The van der Waals surface area contributed by atoms with E-state index in [0.29, 0.717) is 0 Å². The molecule has 0 bridgehead atoms. The van der Waals surface area contributed by atoms with Gasteiger partial charge in [0.2, 0.25) is 0 Å². The third-order valence-corrected chi connectivity index (χ3v) is 12.4. The minimum Gasteiger partial charge on any atom is -0.310 e. The van der Waals surface area contributed by atoms with E-state index < -0.39 is 0 Å². The first-order valence-electron chi connectivity index (χ1n) is 20.5. The molecule has 0 fully saturated rings. The fraction of sp³-hybridized carbons (Fsp3) is 0.107. The van der Waals surface area contributed by atoms with Crippen molar-refractivity contribution < 1.29 is 0 Å². The Hall–Kier alpha value is -6.90. The van der Waals surface area contributed by atoms with E-state index in [9.17, 15) is 0 Å². The molecule has 1 unspecified atom stereocenters. The first-order valence-corrected chi connectivity index (χ1v) is 20.5. The second-order valence-corrected chi connectivity index (χ2v) is 17.0. The first kappa shape index (κ1) is 34.4. The molecule has 0 saturated heterocycles. The summed E-state index contributed by atoms with van der Waals surface area (Å²) >= 11 is 0. The zero-order valence-corrected chi connectivity index (χ0v) is 33.2. The SMILES string of the molecule is CC(C)(C)c1cc2c3cc4ccc(C(Cc5ccccc5)c5ccccc5)cc4cc3n3c4cc5cc(N(c6ccccc6)c6ccccc6)ccc5cc4c(c1)c23. The maximum absolute atomic E-state index is 2.56. The second kappa shape index (κ2) is 13.4. The number of anilines is 3. The van der Waals surface area contributed by atoms with Gasteiger partial charge >= 0.3 is 0 Å². The molecule has 0 saturated carbocycles. The molecule has 11 aromatic rings. The van der Waals surface area contributed by atoms with Gasteiger partial charge in [-0.3, -0.25) is 0 Å². The summed E-state index contributed by atoms with van der Waals surface area (Å²) in [5.74, 6) is 0.249. The summed E-state index contributed by atoms with van der Waals surface area (Å²) in [6.07, 6.45) is 0.951. The number of nitrogens with zero attached hydrogens (tertiary/aromatic N) is 2. The van der Waals surface area contributed by atoms with Gasteiger partial charge < -0.3 is 9.30 Å². The Labute approximate surface area is 339 Å². The van der Waals surface area contributed by atoms with E-state index in [0.717, 1.165) is 23.5 Å². The van der Waals surface area contributed by atoms with Crippen molar-refractivity contribution in [2.75, 3.05) is 4.90 Å². The fourth-order valence-electron chi connectivity index (χ4n) is 9.39. The molecule has 2 aromatic heterocycles. The predicted molar refractivity (Wildman–Crippen MR) is 248 cm³/mol. The van der Waals surface area contributed by atoms with Gasteiger partial charge in [-0.05, 0) is 128 Å². The minimum absolute atomic E-state index is 0.00288. The number of benzene rings is 9. The van der Waals surface area contributed by atoms with Crippen LogP contribution in [0.5, 0.6) is 0 Å². The molecule has 0 radical (unpaired) electrons. The van der Waals surface area contributed by atoms with Crippen LogP contribution in [0.3, 0.4) is 0 Å². The summed E-state index contributed by atoms with van der Waals surface area (Å²) in [4.78, 5) is 2.35. The molecular formula is C56H44N2. The topological polar surface area (TPSA) is 7.65 Å². The molecular weight excluding hydrogens is 701 g/mol. The lowest BCUT2D eigenvalue weighted by molar-refractivity contribution is 0.592. The quantitative estimate of drug-likeness (QED) is 0.158. The Balaban J connectivity index is 1.15. The van der Waals surface area contributed by atoms with E-state index in [1.165, 1.54) is 81.9 Å². The van der Waals surface area contributed by atoms with Crippen LogP contribution in [-0.4, -0.2) is 4.40 Å². The highest BCUT2D eigenvalue weighted by Gasteiger charge is 2.24. The van der Waals surface area contributed by atoms with E-state index in [2.05, 4.69) is 224 Å². The zero-order chi connectivity index (χ0) is 39.0. The molecule has 1 atom stereocenters. The molecule has 2 nitrogen and oxygen atoms in total. The summed E-state index contributed by atoms with van der Waals surface area (Å²) in [5, 5.41) is 10.3. The lowest BCUT2D eigenvalue weighted by atomic mass is 9.84. The van der Waals surface area contributed by atoms with Crippen LogP contribution in [0.15, 0.2) is 194 Å². The number of hydrogen-bond acceptors (Lipinski definition) is 1. The van der Waals surface area contributed by atoms with Crippen molar-refractivity contribution in [2.24, 2.45) is 0 Å². The van der Waals surface area contributed by atoms with E-state index in [4.69, 9.17) is 0 Å². The number of rotatable bonds is 7. The first-order chi connectivity index (χ1) is 28.4. The van der Waals surface area contributed by atoms with Crippen LogP contribution in [0.1, 0.15) is 48.9 Å². The van der Waals surface area contributed by atoms with Gasteiger partial charge in [0.05, 0.1) is 16.6 Å². The lowest BCUT2D eigenvalue weighted by Crippen LogP contribution is -2.10. The van der Waals surface area contributed by atoms with Gasteiger partial charge in [-0.15, -0.1) is 0 Å². The largest absolute Gasteiger partial charge is 0.310 e. The summed E-state index contributed by atoms with van der Waals surface area (Å²) in [6, 6.07) is 72.1. The van der Waals surface area contributed by atoms with E-state index in [-0.39, 0.29) is 11.3 Å². The van der Waals surface area contributed by atoms with Crippen molar-refractivity contribution >= 4 is 76.7 Å². The molecule has 0 N–H and O–H groups in total. The Bertz CT molecular complexity index is 3230. The predicted octanol–water partition coefficient (Wildman–Crippen LogP) is 15.3. The normalized spacial score (nSPS) is 12.7. The average molecular weight is 745 g/mol. The highest BCUT2D eigenvalue weighted by Crippen LogP contribution is 2.45. The van der Waals surface area contributed by atoms with E-state index in [1.54, 1.807) is 0 Å². The monoisotopic (exact) mass is 744 g/mol. The van der Waals surface area contributed by atoms with Gasteiger partial charge in [0.1, 0.15) is 0 Å². The molecule has 0 aliphatic carbocycles. The van der Waals surface area contributed by atoms with Gasteiger partial charge in [0.25, 0.3) is 0 Å². The highest BCUT2D eigenvalue weighted by atomic mass is 15.1. The van der Waals surface area contributed by atoms with Crippen molar-refractivity contribution in [1.82, 2.24) is 4.40 Å². The third kappa shape index (κ3) is 5.71. The molecule has 11 rings (SSSR count). The number of para-hydroxylation sites is 2. The molecule has 2 heterocycles. The molecule has 0 amide bonds.